The number of rotatable bonds is 4. The fourth-order valence-electron chi connectivity index (χ4n) is 2.24. The molecule has 0 atom stereocenters. The second kappa shape index (κ2) is 7.81. The molecule has 7 heteroatoms. The van der Waals surface area contributed by atoms with E-state index in [0.29, 0.717) is 11.3 Å². The van der Waals surface area contributed by atoms with Crippen LogP contribution in [0.1, 0.15) is 16.7 Å². The molecule has 0 fully saturated rings. The molecule has 0 bridgehead atoms. The molecule has 0 aliphatic carbocycles. The van der Waals surface area contributed by atoms with Crippen LogP contribution >= 0.6 is 0 Å². The zero-order chi connectivity index (χ0) is 18.5. The summed E-state index contributed by atoms with van der Waals surface area (Å²) in [4.78, 5) is 10.7. The van der Waals surface area contributed by atoms with Crippen LogP contribution in [0.2, 0.25) is 0 Å². The van der Waals surface area contributed by atoms with Crippen molar-refractivity contribution in [3.8, 4) is 11.5 Å². The van der Waals surface area contributed by atoms with Gasteiger partial charge >= 0.3 is 0 Å². The second-order valence-corrected chi connectivity index (χ2v) is 5.56. The van der Waals surface area contributed by atoms with E-state index in [2.05, 4.69) is 5.43 Å². The Hall–Kier alpha value is -3.16. The van der Waals surface area contributed by atoms with Crippen LogP contribution in [0.25, 0.3) is 12.2 Å². The molecular weight excluding hydrogens is 337 g/mol. The quantitative estimate of drug-likeness (QED) is 0.491. The summed E-state index contributed by atoms with van der Waals surface area (Å²) in [5.74, 6) is 6.26. The molecule has 0 spiro atoms. The van der Waals surface area contributed by atoms with Gasteiger partial charge in [0.25, 0.3) is 0 Å². The molecule has 1 heterocycles. The Morgan fingerprint density at radius 2 is 1.85 bits per heavy atom. The summed E-state index contributed by atoms with van der Waals surface area (Å²) in [6.07, 6.45) is 3.69. The lowest BCUT2D eigenvalue weighted by molar-refractivity contribution is 0.174. The third-order valence-electron chi connectivity index (χ3n) is 3.78. The van der Waals surface area contributed by atoms with Gasteiger partial charge in [-0.25, -0.2) is 4.39 Å². The van der Waals surface area contributed by atoms with E-state index in [9.17, 15) is 9.18 Å². The van der Waals surface area contributed by atoms with Gasteiger partial charge in [-0.1, -0.05) is 24.3 Å². The van der Waals surface area contributed by atoms with Crippen LogP contribution in [0.15, 0.2) is 47.3 Å². The highest BCUT2D eigenvalue weighted by Crippen LogP contribution is 2.32. The molecule has 5 N–H and O–H groups in total. The zero-order valence-electron chi connectivity index (χ0n) is 13.9. The first-order chi connectivity index (χ1) is 12.6. The first kappa shape index (κ1) is 17.7. The van der Waals surface area contributed by atoms with Gasteiger partial charge in [0.1, 0.15) is 5.82 Å². The molecule has 4 rings (SSSR count). The first-order valence-electron chi connectivity index (χ1n) is 7.89. The summed E-state index contributed by atoms with van der Waals surface area (Å²) in [7, 11) is 0. The Balaban J connectivity index is 0.000000160. The predicted octanol–water partition coefficient (Wildman–Crippen LogP) is 2.39. The van der Waals surface area contributed by atoms with Gasteiger partial charge in [-0.15, -0.1) is 0 Å². The lowest BCUT2D eigenvalue weighted by atomic mass is 10.2. The molecule has 26 heavy (non-hydrogen) atoms. The summed E-state index contributed by atoms with van der Waals surface area (Å²) in [6.45, 7) is 0.489. The van der Waals surface area contributed by atoms with Crippen LogP contribution in [-0.4, -0.2) is 6.79 Å². The number of halogens is 1. The molecule has 0 aromatic heterocycles. The maximum absolute atomic E-state index is 12.9. The minimum absolute atomic E-state index is 0.118. The lowest BCUT2D eigenvalue weighted by Gasteiger charge is -2.02. The molecule has 0 radical (unpaired) electrons. The molecule has 0 amide bonds. The number of hydrogen-bond donors (Lipinski definition) is 3. The number of hydrogen-bond acceptors (Lipinski definition) is 6. The van der Waals surface area contributed by atoms with Crippen molar-refractivity contribution in [2.75, 3.05) is 12.2 Å². The van der Waals surface area contributed by atoms with Crippen molar-refractivity contribution in [2.45, 2.75) is 6.54 Å². The predicted molar refractivity (Wildman–Crippen MR) is 98.7 cm³/mol. The number of benzene rings is 2. The largest absolute Gasteiger partial charge is 0.454 e. The van der Waals surface area contributed by atoms with Crippen molar-refractivity contribution in [3.63, 3.8) is 0 Å². The summed E-state index contributed by atoms with van der Waals surface area (Å²) in [6, 6.07) is 11.9. The van der Waals surface area contributed by atoms with Gasteiger partial charge in [0.2, 0.25) is 6.79 Å². The van der Waals surface area contributed by atoms with E-state index < -0.39 is 0 Å². The standard InChI is InChI=1S/C12H8O3.C7H10FN3/c13-10-6-9(10)3-1-8-2-4-11-12(5-8)15-7-14-11;8-7-3-6(11-10)2-1-5(7)4-9/h1-6H,7H2;1-3,11H,4,9-10H2. The molecule has 1 aliphatic heterocycles. The number of nitrogen functional groups attached to an aromatic ring is 1. The highest BCUT2D eigenvalue weighted by atomic mass is 19.1. The van der Waals surface area contributed by atoms with Crippen molar-refractivity contribution in [1.29, 1.82) is 0 Å². The average molecular weight is 355 g/mol. The van der Waals surface area contributed by atoms with Gasteiger partial charge in [-0.2, -0.15) is 0 Å². The van der Waals surface area contributed by atoms with Crippen LogP contribution in [-0.2, 0) is 6.54 Å². The third kappa shape index (κ3) is 4.27. The smallest absolute Gasteiger partial charge is 0.231 e. The van der Waals surface area contributed by atoms with Crippen molar-refractivity contribution in [1.82, 2.24) is 0 Å². The minimum Gasteiger partial charge on any atom is -0.454 e. The SMILES string of the molecule is NCc1ccc(NN)cc1F.O=c1cc1C=Cc1ccc2c(c1)OCO2. The molecule has 6 nitrogen and oxygen atoms in total. The van der Waals surface area contributed by atoms with E-state index in [1.54, 1.807) is 24.3 Å². The Kier molecular flexibility index (Phi) is 5.31. The number of anilines is 1. The van der Waals surface area contributed by atoms with Crippen LogP contribution in [0.3, 0.4) is 0 Å². The van der Waals surface area contributed by atoms with Crippen LogP contribution in [0.5, 0.6) is 11.5 Å². The van der Waals surface area contributed by atoms with Crippen LogP contribution in [0.4, 0.5) is 10.1 Å². The van der Waals surface area contributed by atoms with Gasteiger partial charge in [0, 0.05) is 17.7 Å². The summed E-state index contributed by atoms with van der Waals surface area (Å²) >= 11 is 0. The normalized spacial score (nSPS) is 12.3. The first-order valence-corrected chi connectivity index (χ1v) is 7.89. The van der Waals surface area contributed by atoms with Crippen molar-refractivity contribution in [3.05, 3.63) is 75.2 Å². The van der Waals surface area contributed by atoms with Crippen LogP contribution < -0.4 is 31.9 Å². The molecule has 0 unspecified atom stereocenters. The van der Waals surface area contributed by atoms with Crippen molar-refractivity contribution < 1.29 is 13.9 Å². The number of nitrogens with one attached hydrogen (secondary N) is 1. The monoisotopic (exact) mass is 355 g/mol. The van der Waals surface area contributed by atoms with Gasteiger partial charge < -0.3 is 20.6 Å². The van der Waals surface area contributed by atoms with Crippen LogP contribution in [0, 0.1) is 5.82 Å². The fourth-order valence-corrected chi connectivity index (χ4v) is 2.24. The van der Waals surface area contributed by atoms with Gasteiger partial charge in [0.05, 0.1) is 5.69 Å². The summed E-state index contributed by atoms with van der Waals surface area (Å²) in [5, 5.41) is 0. The Labute approximate surface area is 149 Å². The van der Waals surface area contributed by atoms with E-state index in [1.807, 2.05) is 24.3 Å². The molecule has 3 aromatic rings. The maximum Gasteiger partial charge on any atom is 0.231 e. The van der Waals surface area contributed by atoms with E-state index in [4.69, 9.17) is 21.1 Å². The molecule has 134 valence electrons. The van der Waals surface area contributed by atoms with Crippen molar-refractivity contribution >= 4 is 17.8 Å². The lowest BCUT2D eigenvalue weighted by Crippen LogP contribution is -2.08. The molecule has 0 saturated heterocycles. The molecule has 3 aromatic carbocycles. The Morgan fingerprint density at radius 1 is 1.08 bits per heavy atom. The Morgan fingerprint density at radius 3 is 2.50 bits per heavy atom. The number of fused-ring (bicyclic) bond motifs is 1. The highest BCUT2D eigenvalue weighted by Gasteiger charge is 2.12. The highest BCUT2D eigenvalue weighted by molar-refractivity contribution is 5.73. The zero-order valence-corrected chi connectivity index (χ0v) is 13.9. The third-order valence-corrected chi connectivity index (χ3v) is 3.78. The van der Waals surface area contributed by atoms with Gasteiger partial charge in [0.15, 0.2) is 16.9 Å². The van der Waals surface area contributed by atoms with Gasteiger partial charge in [-0.3, -0.25) is 10.6 Å². The molecule has 1 aliphatic rings. The van der Waals surface area contributed by atoms with E-state index in [-0.39, 0.29) is 24.6 Å². The topological polar surface area (TPSA) is 99.6 Å². The molecule has 0 saturated carbocycles. The van der Waals surface area contributed by atoms with E-state index in [0.717, 1.165) is 22.6 Å². The van der Waals surface area contributed by atoms with E-state index >= 15 is 0 Å². The number of hydrazine groups is 1. The maximum atomic E-state index is 12.9. The minimum atomic E-state index is -0.331. The Bertz CT molecular complexity index is 946. The fraction of sp³-hybridized carbons (Fsp3) is 0.105. The number of nitrogens with two attached hydrogens (primary N) is 2. The molecular formula is C19H18FN3O3. The van der Waals surface area contributed by atoms with Gasteiger partial charge in [-0.05, 0) is 35.9 Å². The summed E-state index contributed by atoms with van der Waals surface area (Å²) in [5.41, 5.74) is 10.5. The average Bonchev–Trinajstić information content (AvgIpc) is 3.17. The van der Waals surface area contributed by atoms with Crippen molar-refractivity contribution in [2.24, 2.45) is 11.6 Å². The second-order valence-electron chi connectivity index (χ2n) is 5.56. The summed E-state index contributed by atoms with van der Waals surface area (Å²) < 4.78 is 23.3. The number of ether oxygens (including phenoxy) is 2. The van der Waals surface area contributed by atoms with E-state index in [1.165, 1.54) is 6.07 Å².